The molecular formula is C13H8F2N2. The minimum absolute atomic E-state index is 0.484. The summed E-state index contributed by atoms with van der Waals surface area (Å²) in [5, 5.41) is 0.909. The number of nitrogens with one attached hydrogen (secondary N) is 1. The molecule has 0 saturated heterocycles. The number of halogens is 2. The summed E-state index contributed by atoms with van der Waals surface area (Å²) in [6.45, 7) is 0. The summed E-state index contributed by atoms with van der Waals surface area (Å²) in [6, 6.07) is 7.14. The highest BCUT2D eigenvalue weighted by atomic mass is 19.1. The second-order valence-electron chi connectivity index (χ2n) is 3.80. The summed E-state index contributed by atoms with van der Waals surface area (Å²) in [7, 11) is 0. The number of hydrogen-bond donors (Lipinski definition) is 1. The summed E-state index contributed by atoms with van der Waals surface area (Å²) >= 11 is 0. The number of rotatable bonds is 1. The molecule has 2 aromatic heterocycles. The zero-order valence-electron chi connectivity index (χ0n) is 8.74. The van der Waals surface area contributed by atoms with Crippen LogP contribution in [0.15, 0.2) is 42.7 Å². The second kappa shape index (κ2) is 3.66. The van der Waals surface area contributed by atoms with Gasteiger partial charge in [-0.15, -0.1) is 0 Å². The Morgan fingerprint density at radius 1 is 0.941 bits per heavy atom. The van der Waals surface area contributed by atoms with Gasteiger partial charge < -0.3 is 4.98 Å². The van der Waals surface area contributed by atoms with Crippen molar-refractivity contribution < 1.29 is 8.78 Å². The van der Waals surface area contributed by atoms with Crippen molar-refractivity contribution in [2.75, 3.05) is 0 Å². The monoisotopic (exact) mass is 230 g/mol. The Labute approximate surface area is 95.9 Å². The minimum Gasteiger partial charge on any atom is -0.346 e. The molecule has 84 valence electrons. The molecule has 3 rings (SSSR count). The maximum atomic E-state index is 13.1. The molecule has 17 heavy (non-hydrogen) atoms. The molecule has 4 heteroatoms. The summed E-state index contributed by atoms with van der Waals surface area (Å²) < 4.78 is 26.2. The molecule has 0 bridgehead atoms. The molecule has 0 spiro atoms. The number of aromatic amines is 1. The minimum atomic E-state index is -0.589. The highest BCUT2D eigenvalue weighted by Crippen LogP contribution is 2.23. The Balaban J connectivity index is 2.19. The van der Waals surface area contributed by atoms with Crippen LogP contribution in [0.25, 0.3) is 22.2 Å². The van der Waals surface area contributed by atoms with Gasteiger partial charge in [0.05, 0.1) is 0 Å². The topological polar surface area (TPSA) is 28.7 Å². The van der Waals surface area contributed by atoms with Crippen LogP contribution in [0.2, 0.25) is 0 Å². The van der Waals surface area contributed by atoms with Crippen LogP contribution < -0.4 is 0 Å². The lowest BCUT2D eigenvalue weighted by Crippen LogP contribution is -1.85. The number of pyridine rings is 1. The zero-order chi connectivity index (χ0) is 11.8. The smallest absolute Gasteiger partial charge is 0.137 e. The van der Waals surface area contributed by atoms with Crippen LogP contribution in [0.3, 0.4) is 0 Å². The normalized spacial score (nSPS) is 10.9. The van der Waals surface area contributed by atoms with Crippen LogP contribution in [0, 0.1) is 11.6 Å². The van der Waals surface area contributed by atoms with Crippen LogP contribution >= 0.6 is 0 Å². The number of aromatic nitrogens is 2. The van der Waals surface area contributed by atoms with Crippen molar-refractivity contribution in [2.24, 2.45) is 0 Å². The van der Waals surface area contributed by atoms with Crippen LogP contribution in [0.1, 0.15) is 0 Å². The van der Waals surface area contributed by atoms with E-state index in [0.29, 0.717) is 11.1 Å². The third-order valence-electron chi connectivity index (χ3n) is 2.60. The Morgan fingerprint density at radius 2 is 1.71 bits per heavy atom. The predicted molar refractivity (Wildman–Crippen MR) is 61.4 cm³/mol. The standard InChI is InChI=1S/C13H8F2N2/c14-11-4-9(5-12(15)6-11)10-3-8-1-2-16-13(8)17-7-10/h1-7H,(H,16,17). The molecule has 0 radical (unpaired) electrons. The molecular weight excluding hydrogens is 222 g/mol. The van der Waals surface area contributed by atoms with E-state index in [9.17, 15) is 8.78 Å². The largest absolute Gasteiger partial charge is 0.346 e. The molecule has 0 aliphatic rings. The molecule has 0 fully saturated rings. The van der Waals surface area contributed by atoms with Crippen molar-refractivity contribution in [1.29, 1.82) is 0 Å². The van der Waals surface area contributed by atoms with Crippen LogP contribution in [-0.2, 0) is 0 Å². The van der Waals surface area contributed by atoms with Gasteiger partial charge in [0.1, 0.15) is 17.3 Å². The van der Waals surface area contributed by atoms with E-state index >= 15 is 0 Å². The molecule has 3 aromatic rings. The van der Waals surface area contributed by atoms with Crippen molar-refractivity contribution in [1.82, 2.24) is 9.97 Å². The second-order valence-corrected chi connectivity index (χ2v) is 3.80. The van der Waals surface area contributed by atoms with E-state index in [1.54, 1.807) is 12.4 Å². The third-order valence-corrected chi connectivity index (χ3v) is 2.60. The summed E-state index contributed by atoms with van der Waals surface area (Å²) in [6.07, 6.45) is 3.36. The van der Waals surface area contributed by atoms with Gasteiger partial charge in [0.2, 0.25) is 0 Å². The van der Waals surface area contributed by atoms with E-state index in [0.717, 1.165) is 17.1 Å². The highest BCUT2D eigenvalue weighted by molar-refractivity contribution is 5.81. The fourth-order valence-electron chi connectivity index (χ4n) is 1.82. The first-order valence-corrected chi connectivity index (χ1v) is 5.12. The summed E-state index contributed by atoms with van der Waals surface area (Å²) in [5.41, 5.74) is 1.93. The van der Waals surface area contributed by atoms with E-state index < -0.39 is 11.6 Å². The SMILES string of the molecule is Fc1cc(F)cc(-c2cnc3[nH]ccc3c2)c1. The third kappa shape index (κ3) is 1.78. The van der Waals surface area contributed by atoms with Crippen molar-refractivity contribution in [2.45, 2.75) is 0 Å². The average molecular weight is 230 g/mol. The number of H-pyrrole nitrogens is 1. The molecule has 0 aliphatic carbocycles. The molecule has 0 atom stereocenters. The molecule has 0 aliphatic heterocycles. The zero-order valence-corrected chi connectivity index (χ0v) is 8.74. The van der Waals surface area contributed by atoms with Gasteiger partial charge >= 0.3 is 0 Å². The fraction of sp³-hybridized carbons (Fsp3) is 0. The number of nitrogens with zero attached hydrogens (tertiary/aromatic N) is 1. The maximum Gasteiger partial charge on any atom is 0.137 e. The van der Waals surface area contributed by atoms with Crippen LogP contribution in [-0.4, -0.2) is 9.97 Å². The molecule has 2 nitrogen and oxygen atoms in total. The van der Waals surface area contributed by atoms with E-state index in [2.05, 4.69) is 9.97 Å². The lowest BCUT2D eigenvalue weighted by Gasteiger charge is -2.02. The van der Waals surface area contributed by atoms with Gasteiger partial charge in [-0.05, 0) is 29.8 Å². The number of benzene rings is 1. The Kier molecular flexibility index (Phi) is 2.14. The van der Waals surface area contributed by atoms with Gasteiger partial charge in [-0.3, -0.25) is 0 Å². The Morgan fingerprint density at radius 3 is 2.47 bits per heavy atom. The van der Waals surface area contributed by atoms with E-state index in [4.69, 9.17) is 0 Å². The molecule has 1 aromatic carbocycles. The van der Waals surface area contributed by atoms with Gasteiger partial charge in [-0.1, -0.05) is 0 Å². The fourth-order valence-corrected chi connectivity index (χ4v) is 1.82. The van der Waals surface area contributed by atoms with Crippen LogP contribution in [0.4, 0.5) is 8.78 Å². The molecule has 0 unspecified atom stereocenters. The maximum absolute atomic E-state index is 13.1. The molecule has 1 N–H and O–H groups in total. The van der Waals surface area contributed by atoms with Gasteiger partial charge in [0.15, 0.2) is 0 Å². The lowest BCUT2D eigenvalue weighted by molar-refractivity contribution is 0.584. The first kappa shape index (κ1) is 9.96. The first-order valence-electron chi connectivity index (χ1n) is 5.12. The number of hydrogen-bond acceptors (Lipinski definition) is 1. The first-order chi connectivity index (χ1) is 8.22. The number of fused-ring (bicyclic) bond motifs is 1. The van der Waals surface area contributed by atoms with E-state index in [-0.39, 0.29) is 0 Å². The summed E-state index contributed by atoms with van der Waals surface area (Å²) in [4.78, 5) is 7.14. The Hall–Kier alpha value is -2.23. The van der Waals surface area contributed by atoms with Crippen molar-refractivity contribution >= 4 is 11.0 Å². The van der Waals surface area contributed by atoms with Crippen molar-refractivity contribution in [3.8, 4) is 11.1 Å². The van der Waals surface area contributed by atoms with Gasteiger partial charge in [-0.2, -0.15) is 0 Å². The van der Waals surface area contributed by atoms with Gasteiger partial charge in [-0.25, -0.2) is 13.8 Å². The van der Waals surface area contributed by atoms with E-state index in [1.165, 1.54) is 12.1 Å². The molecule has 0 saturated carbocycles. The van der Waals surface area contributed by atoms with E-state index in [1.807, 2.05) is 12.1 Å². The summed E-state index contributed by atoms with van der Waals surface area (Å²) in [5.74, 6) is -1.18. The van der Waals surface area contributed by atoms with Crippen LogP contribution in [0.5, 0.6) is 0 Å². The molecule has 0 amide bonds. The van der Waals surface area contributed by atoms with Crippen molar-refractivity contribution in [3.05, 3.63) is 54.4 Å². The lowest BCUT2D eigenvalue weighted by atomic mass is 10.1. The average Bonchev–Trinajstić information content (AvgIpc) is 2.74. The van der Waals surface area contributed by atoms with Gasteiger partial charge in [0, 0.05) is 29.4 Å². The quantitative estimate of drug-likeness (QED) is 0.680. The predicted octanol–water partition coefficient (Wildman–Crippen LogP) is 3.51. The van der Waals surface area contributed by atoms with Crippen molar-refractivity contribution in [3.63, 3.8) is 0 Å². The Bertz CT molecular complexity index is 668. The highest BCUT2D eigenvalue weighted by Gasteiger charge is 2.05. The molecule has 2 heterocycles. The van der Waals surface area contributed by atoms with Gasteiger partial charge in [0.25, 0.3) is 0 Å².